The maximum Gasteiger partial charge on any atom is 0.396 e. The summed E-state index contributed by atoms with van der Waals surface area (Å²) in [5.74, 6) is 0.147. The number of hydrogen-bond donors (Lipinski definition) is 0. The van der Waals surface area contributed by atoms with Crippen LogP contribution >= 0.6 is 0 Å². The molecule has 0 amide bonds. The van der Waals surface area contributed by atoms with Crippen molar-refractivity contribution >= 4 is 0 Å². The summed E-state index contributed by atoms with van der Waals surface area (Å²) in [4.78, 5) is 0. The lowest BCUT2D eigenvalue weighted by atomic mass is 9.72. The zero-order chi connectivity index (χ0) is 26.7. The summed E-state index contributed by atoms with van der Waals surface area (Å²) in [6.07, 6.45) is 7.59. The van der Waals surface area contributed by atoms with Crippen molar-refractivity contribution in [2.45, 2.75) is 18.0 Å². The number of hydrogen-bond acceptors (Lipinski definition) is 0. The first-order valence-corrected chi connectivity index (χ1v) is 14.0. The predicted octanol–water partition coefficient (Wildman–Crippen LogP) is 5.99. The van der Waals surface area contributed by atoms with Gasteiger partial charge in [-0.25, -0.2) is 4.57 Å². The van der Waals surface area contributed by atoms with Crippen LogP contribution in [0.15, 0.2) is 146 Å². The Balaban J connectivity index is 1.46. The fourth-order valence-corrected chi connectivity index (χ4v) is 7.32. The third kappa shape index (κ3) is 3.09. The molecule has 2 unspecified atom stereocenters. The Morgan fingerprint density at radius 2 is 1.07 bits per heavy atom. The Kier molecular flexibility index (Phi) is 5.08. The molecule has 5 heterocycles. The van der Waals surface area contributed by atoms with Crippen LogP contribution in [-0.2, 0) is 19.1 Å². The summed E-state index contributed by atoms with van der Waals surface area (Å²) in [5.41, 5.74) is 11.3. The zero-order valence-corrected chi connectivity index (χ0v) is 22.5. The van der Waals surface area contributed by atoms with Crippen molar-refractivity contribution in [3.63, 3.8) is 0 Å². The van der Waals surface area contributed by atoms with Crippen LogP contribution in [0.2, 0.25) is 0 Å². The van der Waals surface area contributed by atoms with Gasteiger partial charge in [-0.05, 0) is 60.0 Å². The largest absolute Gasteiger partial charge is 0.396 e. The molecule has 0 radical (unpaired) electrons. The van der Waals surface area contributed by atoms with Gasteiger partial charge in [-0.2, -0.15) is 0 Å². The Hall–Kier alpha value is -4.89. The fraction of sp³-hybridized carbons (Fsp3) is 0.108. The highest BCUT2D eigenvalue weighted by atomic mass is 15.3. The van der Waals surface area contributed by atoms with Crippen molar-refractivity contribution in [2.24, 2.45) is 7.05 Å². The van der Waals surface area contributed by atoms with E-state index in [2.05, 4.69) is 167 Å². The van der Waals surface area contributed by atoms with Gasteiger partial charge < -0.3 is 0 Å². The number of aryl methyl sites for hydroxylation is 1. The van der Waals surface area contributed by atoms with E-state index in [0.717, 1.165) is 6.42 Å². The van der Waals surface area contributed by atoms with Crippen LogP contribution in [0.5, 0.6) is 0 Å². The average Bonchev–Trinajstić information content (AvgIpc) is 3.31. The molecule has 40 heavy (non-hydrogen) atoms. The van der Waals surface area contributed by atoms with Crippen molar-refractivity contribution in [3.8, 4) is 33.8 Å². The quantitative estimate of drug-likeness (QED) is 0.256. The lowest BCUT2D eigenvalue weighted by Crippen LogP contribution is -2.77. The third-order valence-corrected chi connectivity index (χ3v) is 8.92. The summed E-state index contributed by atoms with van der Waals surface area (Å²) < 4.78 is 7.30. The van der Waals surface area contributed by atoms with Crippen molar-refractivity contribution in [1.29, 1.82) is 0 Å². The van der Waals surface area contributed by atoms with Gasteiger partial charge >= 0.3 is 5.66 Å². The molecule has 0 saturated carbocycles. The van der Waals surface area contributed by atoms with Crippen LogP contribution in [0, 0.1) is 0 Å². The molecule has 1 spiro atoms. The minimum atomic E-state index is -0.454. The maximum absolute atomic E-state index is 2.54. The number of nitrogens with zero attached hydrogens (tertiary/aromatic N) is 3. The normalized spacial score (nSPS) is 18.1. The lowest BCUT2D eigenvalue weighted by molar-refractivity contribution is -0.975. The second kappa shape index (κ2) is 8.82. The summed E-state index contributed by atoms with van der Waals surface area (Å²) in [7, 11) is 2.13. The molecular weight excluding hydrogens is 486 g/mol. The van der Waals surface area contributed by atoms with E-state index in [1.54, 1.807) is 0 Å². The Labute approximate surface area is 234 Å². The van der Waals surface area contributed by atoms with Crippen LogP contribution in [-0.4, -0.2) is 0 Å². The second-order valence-corrected chi connectivity index (χ2v) is 10.9. The van der Waals surface area contributed by atoms with Gasteiger partial charge in [0.1, 0.15) is 18.5 Å². The molecule has 190 valence electrons. The van der Waals surface area contributed by atoms with E-state index < -0.39 is 5.66 Å². The molecule has 0 fully saturated rings. The molecular formula is C37H30N3+3. The van der Waals surface area contributed by atoms with Gasteiger partial charge in [0.2, 0.25) is 17.1 Å². The predicted molar refractivity (Wildman–Crippen MR) is 156 cm³/mol. The first kappa shape index (κ1) is 23.0. The molecule has 3 heteroatoms. The highest BCUT2D eigenvalue weighted by molar-refractivity contribution is 5.70. The Morgan fingerprint density at radius 3 is 1.82 bits per heavy atom. The number of benzene rings is 3. The Morgan fingerprint density at radius 1 is 0.525 bits per heavy atom. The van der Waals surface area contributed by atoms with E-state index in [1.165, 1.54) is 50.5 Å². The highest BCUT2D eigenvalue weighted by Gasteiger charge is 2.67. The molecule has 0 bridgehead atoms. The summed E-state index contributed by atoms with van der Waals surface area (Å²) in [6, 6.07) is 46.7. The standard InChI is InChI=1S/C37H30N3/c1-38-23-11-8-20-34(38)28-15-3-2-14-27(28)26-33-29-16-4-5-17-30(29)35-21-9-12-24-39(35)37(33)32-19-7-6-18-31(32)36-22-10-13-25-40(36)37/h2-25,33H,26H2,1H3/q+3. The first-order chi connectivity index (χ1) is 19.8. The number of rotatable bonds is 3. The number of pyridine rings is 3. The minimum Gasteiger partial charge on any atom is -0.201 e. The molecule has 0 aliphatic carbocycles. The molecule has 8 rings (SSSR count). The van der Waals surface area contributed by atoms with Gasteiger partial charge in [-0.15, -0.1) is 9.13 Å². The van der Waals surface area contributed by atoms with E-state index in [-0.39, 0.29) is 5.92 Å². The maximum atomic E-state index is 2.54. The molecule has 3 nitrogen and oxygen atoms in total. The minimum absolute atomic E-state index is 0.147. The van der Waals surface area contributed by atoms with Crippen LogP contribution in [0.3, 0.4) is 0 Å². The van der Waals surface area contributed by atoms with E-state index in [0.29, 0.717) is 0 Å². The van der Waals surface area contributed by atoms with Crippen LogP contribution < -0.4 is 13.7 Å². The van der Waals surface area contributed by atoms with Gasteiger partial charge in [0.25, 0.3) is 0 Å². The van der Waals surface area contributed by atoms with Crippen molar-refractivity contribution in [2.75, 3.05) is 0 Å². The van der Waals surface area contributed by atoms with E-state index in [1.807, 2.05) is 0 Å². The van der Waals surface area contributed by atoms with Crippen molar-refractivity contribution < 1.29 is 13.7 Å². The van der Waals surface area contributed by atoms with Crippen LogP contribution in [0.1, 0.15) is 22.6 Å². The zero-order valence-electron chi connectivity index (χ0n) is 22.5. The van der Waals surface area contributed by atoms with E-state index >= 15 is 0 Å². The van der Waals surface area contributed by atoms with Crippen LogP contribution in [0.4, 0.5) is 0 Å². The molecule has 2 aliphatic rings. The molecule has 2 atom stereocenters. The third-order valence-electron chi connectivity index (χ3n) is 8.92. The summed E-state index contributed by atoms with van der Waals surface area (Å²) >= 11 is 0. The SMILES string of the molecule is C[n+]1ccccc1-c1ccccc1CC1c2ccccc2-c2cccc[n+]2C12c1ccccc1-c1cccc[n+]12. The summed E-state index contributed by atoms with van der Waals surface area (Å²) in [6.45, 7) is 0. The van der Waals surface area contributed by atoms with Gasteiger partial charge in [0, 0.05) is 42.0 Å². The van der Waals surface area contributed by atoms with E-state index in [4.69, 9.17) is 0 Å². The average molecular weight is 517 g/mol. The molecule has 2 aliphatic heterocycles. The van der Waals surface area contributed by atoms with Gasteiger partial charge in [0.15, 0.2) is 18.6 Å². The van der Waals surface area contributed by atoms with Crippen molar-refractivity contribution in [3.05, 3.63) is 163 Å². The number of aromatic nitrogens is 3. The highest BCUT2D eigenvalue weighted by Crippen LogP contribution is 2.50. The van der Waals surface area contributed by atoms with Gasteiger partial charge in [-0.3, -0.25) is 0 Å². The smallest absolute Gasteiger partial charge is 0.201 e. The number of fused-ring (bicyclic) bond motifs is 9. The summed E-state index contributed by atoms with van der Waals surface area (Å²) in [5, 5.41) is 0. The molecule has 3 aromatic carbocycles. The second-order valence-electron chi connectivity index (χ2n) is 10.9. The lowest BCUT2D eigenvalue weighted by Gasteiger charge is -2.35. The molecule has 0 saturated heterocycles. The van der Waals surface area contributed by atoms with E-state index in [9.17, 15) is 0 Å². The van der Waals surface area contributed by atoms with Crippen molar-refractivity contribution in [1.82, 2.24) is 0 Å². The Bertz CT molecular complexity index is 1880. The molecule has 3 aromatic heterocycles. The fourth-order valence-electron chi connectivity index (χ4n) is 7.32. The molecule has 0 N–H and O–H groups in total. The van der Waals surface area contributed by atoms with Gasteiger partial charge in [-0.1, -0.05) is 48.5 Å². The molecule has 6 aromatic rings. The van der Waals surface area contributed by atoms with Crippen LogP contribution in [0.25, 0.3) is 33.8 Å². The first-order valence-electron chi connectivity index (χ1n) is 14.0. The topological polar surface area (TPSA) is 11.6 Å². The monoisotopic (exact) mass is 516 g/mol. The van der Waals surface area contributed by atoms with Gasteiger partial charge in [0.05, 0.1) is 11.1 Å².